The average Bonchev–Trinajstić information content (AvgIpc) is 2.34. The molecule has 1 aliphatic rings. The highest BCUT2D eigenvalue weighted by molar-refractivity contribution is 9.10. The number of nitro groups is 1. The van der Waals surface area contributed by atoms with E-state index < -0.39 is 11.0 Å². The Labute approximate surface area is 125 Å². The second-order valence-electron chi connectivity index (χ2n) is 4.23. The van der Waals surface area contributed by atoms with Gasteiger partial charge in [0.25, 0.3) is 5.69 Å². The van der Waals surface area contributed by atoms with Crippen LogP contribution in [0.3, 0.4) is 0 Å². The number of nitro benzene ring substituents is 1. The van der Waals surface area contributed by atoms with Gasteiger partial charge in [-0.05, 0) is 25.1 Å². The molecule has 1 fully saturated rings. The first kappa shape index (κ1) is 16.2. The Balaban J connectivity index is 0.00000180. The van der Waals surface area contributed by atoms with Crippen molar-refractivity contribution in [3.63, 3.8) is 0 Å². The van der Waals surface area contributed by atoms with Gasteiger partial charge in [0.15, 0.2) is 0 Å². The van der Waals surface area contributed by atoms with Crippen LogP contribution in [-0.2, 0) is 0 Å². The third-order valence-electron chi connectivity index (χ3n) is 2.95. The van der Waals surface area contributed by atoms with Crippen molar-refractivity contribution in [3.05, 3.63) is 32.8 Å². The molecule has 2 rings (SSSR count). The van der Waals surface area contributed by atoms with E-state index in [0.29, 0.717) is 16.7 Å². The van der Waals surface area contributed by atoms with Crippen molar-refractivity contribution in [2.75, 3.05) is 18.4 Å². The van der Waals surface area contributed by atoms with Crippen molar-refractivity contribution >= 4 is 39.7 Å². The fraction of sp³-hybridized carbons (Fsp3) is 0.455. The molecule has 19 heavy (non-hydrogen) atoms. The average molecular weight is 353 g/mol. The van der Waals surface area contributed by atoms with E-state index in [1.165, 1.54) is 6.07 Å². The highest BCUT2D eigenvalue weighted by Crippen LogP contribution is 2.29. The highest BCUT2D eigenvalue weighted by Gasteiger charge is 2.25. The largest absolute Gasteiger partial charge is 0.390 e. The SMILES string of the molecule is Cl.O=[N+]([O-])c1cc(Br)ccc1N[C@@H]1CCNC[C@H]1O. The molecule has 0 bridgehead atoms. The van der Waals surface area contributed by atoms with E-state index in [9.17, 15) is 15.2 Å². The zero-order chi connectivity index (χ0) is 13.1. The number of benzene rings is 1. The zero-order valence-corrected chi connectivity index (χ0v) is 12.4. The summed E-state index contributed by atoms with van der Waals surface area (Å²) in [5.41, 5.74) is 0.448. The van der Waals surface area contributed by atoms with Crippen LogP contribution in [0.4, 0.5) is 11.4 Å². The molecule has 0 aliphatic carbocycles. The van der Waals surface area contributed by atoms with Crippen molar-refractivity contribution in [1.29, 1.82) is 0 Å². The third-order valence-corrected chi connectivity index (χ3v) is 3.44. The van der Waals surface area contributed by atoms with Crippen molar-refractivity contribution in [2.24, 2.45) is 0 Å². The number of aliphatic hydroxyl groups excluding tert-OH is 1. The maximum atomic E-state index is 11.0. The van der Waals surface area contributed by atoms with Gasteiger partial charge < -0.3 is 15.7 Å². The predicted molar refractivity (Wildman–Crippen MR) is 78.9 cm³/mol. The Morgan fingerprint density at radius 3 is 2.89 bits per heavy atom. The van der Waals surface area contributed by atoms with E-state index in [1.807, 2.05) is 0 Å². The van der Waals surface area contributed by atoms with Crippen LogP contribution >= 0.6 is 28.3 Å². The molecule has 6 nitrogen and oxygen atoms in total. The third kappa shape index (κ3) is 4.04. The minimum atomic E-state index is -0.540. The van der Waals surface area contributed by atoms with Crippen molar-refractivity contribution in [2.45, 2.75) is 18.6 Å². The van der Waals surface area contributed by atoms with Crippen LogP contribution in [0.1, 0.15) is 6.42 Å². The molecule has 3 N–H and O–H groups in total. The van der Waals surface area contributed by atoms with Crippen molar-refractivity contribution in [1.82, 2.24) is 5.32 Å². The molecule has 0 amide bonds. The van der Waals surface area contributed by atoms with Gasteiger partial charge in [0.2, 0.25) is 0 Å². The van der Waals surface area contributed by atoms with Crippen molar-refractivity contribution in [3.8, 4) is 0 Å². The summed E-state index contributed by atoms with van der Waals surface area (Å²) >= 11 is 3.21. The second-order valence-corrected chi connectivity index (χ2v) is 5.15. The summed E-state index contributed by atoms with van der Waals surface area (Å²) in [4.78, 5) is 10.5. The number of hydrogen-bond acceptors (Lipinski definition) is 5. The topological polar surface area (TPSA) is 87.4 Å². The van der Waals surface area contributed by atoms with Crippen LogP contribution in [0.25, 0.3) is 0 Å². The van der Waals surface area contributed by atoms with Crippen LogP contribution in [-0.4, -0.2) is 35.3 Å². The number of aliphatic hydroxyl groups is 1. The highest BCUT2D eigenvalue weighted by atomic mass is 79.9. The lowest BCUT2D eigenvalue weighted by atomic mass is 10.0. The van der Waals surface area contributed by atoms with Gasteiger partial charge in [0, 0.05) is 17.1 Å². The lowest BCUT2D eigenvalue weighted by Gasteiger charge is -2.29. The number of piperidine rings is 1. The molecule has 106 valence electrons. The molecule has 0 unspecified atom stereocenters. The summed E-state index contributed by atoms with van der Waals surface area (Å²) in [5, 5.41) is 26.9. The van der Waals surface area contributed by atoms with Gasteiger partial charge in [-0.3, -0.25) is 10.1 Å². The molecule has 1 aliphatic heterocycles. The summed E-state index contributed by atoms with van der Waals surface area (Å²) in [7, 11) is 0. The quantitative estimate of drug-likeness (QED) is 0.571. The standard InChI is InChI=1S/C11H14BrN3O3.ClH/c12-7-1-2-8(10(5-7)15(17)18)14-9-3-4-13-6-11(9)16;/h1-2,5,9,11,13-14,16H,3-4,6H2;1H/t9-,11-;/m1./s1. The van der Waals surface area contributed by atoms with Gasteiger partial charge >= 0.3 is 0 Å². The number of hydrogen-bond donors (Lipinski definition) is 3. The lowest BCUT2D eigenvalue weighted by Crippen LogP contribution is -2.47. The van der Waals surface area contributed by atoms with E-state index in [4.69, 9.17) is 0 Å². The van der Waals surface area contributed by atoms with Crippen LogP contribution < -0.4 is 10.6 Å². The Bertz CT molecular complexity index is 461. The number of halogens is 2. The molecule has 1 aromatic rings. The fourth-order valence-corrected chi connectivity index (χ4v) is 2.34. The Hall–Kier alpha value is -0.890. The molecule has 0 radical (unpaired) electrons. The summed E-state index contributed by atoms with van der Waals surface area (Å²) in [6.45, 7) is 1.29. The monoisotopic (exact) mass is 351 g/mol. The van der Waals surface area contributed by atoms with Crippen molar-refractivity contribution < 1.29 is 10.0 Å². The number of nitrogens with one attached hydrogen (secondary N) is 2. The summed E-state index contributed by atoms with van der Waals surface area (Å²) in [6, 6.07) is 4.68. The molecular weight excluding hydrogens is 337 g/mol. The second kappa shape index (κ2) is 7.04. The minimum absolute atomic E-state index is 0. The molecule has 1 aromatic carbocycles. The maximum absolute atomic E-state index is 11.0. The smallest absolute Gasteiger partial charge is 0.293 e. The maximum Gasteiger partial charge on any atom is 0.293 e. The van der Waals surface area contributed by atoms with E-state index >= 15 is 0 Å². The van der Waals surface area contributed by atoms with E-state index in [1.54, 1.807) is 12.1 Å². The molecule has 8 heteroatoms. The molecule has 2 atom stereocenters. The predicted octanol–water partition coefficient (Wildman–Crippen LogP) is 1.91. The van der Waals surface area contributed by atoms with Crippen LogP contribution in [0, 0.1) is 10.1 Å². The van der Waals surface area contributed by atoms with Gasteiger partial charge in [-0.1, -0.05) is 15.9 Å². The lowest BCUT2D eigenvalue weighted by molar-refractivity contribution is -0.384. The van der Waals surface area contributed by atoms with Crippen LogP contribution in [0.15, 0.2) is 22.7 Å². The zero-order valence-electron chi connectivity index (χ0n) is 10.0. The molecule has 0 aromatic heterocycles. The van der Waals surface area contributed by atoms with Crippen LogP contribution in [0.2, 0.25) is 0 Å². The first-order chi connectivity index (χ1) is 8.58. The summed E-state index contributed by atoms with van der Waals surface area (Å²) in [5.74, 6) is 0. The number of nitrogens with zero attached hydrogens (tertiary/aromatic N) is 1. The Morgan fingerprint density at radius 1 is 1.53 bits per heavy atom. The molecule has 0 spiro atoms. The summed E-state index contributed by atoms with van der Waals surface area (Å²) < 4.78 is 0.658. The van der Waals surface area contributed by atoms with Gasteiger partial charge in [-0.25, -0.2) is 0 Å². The normalized spacial score (nSPS) is 22.4. The number of anilines is 1. The molecule has 1 heterocycles. The van der Waals surface area contributed by atoms with Gasteiger partial charge in [0.1, 0.15) is 5.69 Å². The summed E-state index contributed by atoms with van der Waals surface area (Å²) in [6.07, 6.45) is 0.191. The minimum Gasteiger partial charge on any atom is -0.390 e. The Morgan fingerprint density at radius 2 is 2.26 bits per heavy atom. The Kier molecular flexibility index (Phi) is 5.99. The molecule has 1 saturated heterocycles. The molecular formula is C11H15BrClN3O3. The van der Waals surface area contributed by atoms with E-state index in [-0.39, 0.29) is 24.1 Å². The number of rotatable bonds is 3. The fourth-order valence-electron chi connectivity index (χ4n) is 1.99. The van der Waals surface area contributed by atoms with E-state index in [2.05, 4.69) is 26.6 Å². The van der Waals surface area contributed by atoms with Gasteiger partial charge in [-0.15, -0.1) is 12.4 Å². The first-order valence-electron chi connectivity index (χ1n) is 5.67. The first-order valence-corrected chi connectivity index (χ1v) is 6.46. The number of β-amino-alcohol motifs (C(OH)–C–C–N with tert-alkyl or cyclic N) is 1. The van der Waals surface area contributed by atoms with Crippen LogP contribution in [0.5, 0.6) is 0 Å². The van der Waals surface area contributed by atoms with Gasteiger partial charge in [-0.2, -0.15) is 0 Å². The van der Waals surface area contributed by atoms with Gasteiger partial charge in [0.05, 0.1) is 17.1 Å². The van der Waals surface area contributed by atoms with E-state index in [0.717, 1.165) is 13.0 Å². The molecule has 0 saturated carbocycles.